The van der Waals surface area contributed by atoms with Crippen molar-refractivity contribution in [2.24, 2.45) is 11.7 Å². The number of hydrogen-bond acceptors (Lipinski definition) is 2. The Morgan fingerprint density at radius 1 is 1.38 bits per heavy atom. The molecule has 1 aliphatic carbocycles. The number of rotatable bonds is 5. The summed E-state index contributed by atoms with van der Waals surface area (Å²) in [6.45, 7) is 0. The van der Waals surface area contributed by atoms with Crippen molar-refractivity contribution in [3.05, 3.63) is 0 Å². The lowest BCUT2D eigenvalue weighted by atomic mass is 10.0. The third kappa shape index (κ3) is 4.70. The maximum Gasteiger partial charge on any atom is 0.505 e. The molecule has 0 radical (unpaired) electrons. The molecule has 0 amide bonds. The molecule has 1 saturated carbocycles. The molecule has 3 N–H and O–H groups in total. The van der Waals surface area contributed by atoms with Gasteiger partial charge in [-0.1, -0.05) is 6.42 Å². The molecule has 1 aliphatic rings. The van der Waals surface area contributed by atoms with Crippen LogP contribution in [-0.2, 0) is 4.57 Å². The van der Waals surface area contributed by atoms with Crippen LogP contribution >= 0.6 is 8.03 Å². The number of nitrogens with two attached hydrogens (primary N) is 1. The molecule has 0 aromatic heterocycles. The highest BCUT2D eigenvalue weighted by atomic mass is 31.1. The van der Waals surface area contributed by atoms with Crippen LogP contribution < -0.4 is 5.73 Å². The molecule has 76 valence electrons. The first-order valence-electron chi connectivity index (χ1n) is 5.07. The summed E-state index contributed by atoms with van der Waals surface area (Å²) in [5, 5.41) is 0. The van der Waals surface area contributed by atoms with E-state index < -0.39 is 8.03 Å². The topological polar surface area (TPSA) is 63.3 Å². The van der Waals surface area contributed by atoms with Gasteiger partial charge in [0.05, 0.1) is 0 Å². The molecule has 3 unspecified atom stereocenters. The van der Waals surface area contributed by atoms with E-state index in [1.807, 2.05) is 0 Å². The van der Waals surface area contributed by atoms with E-state index in [0.717, 1.165) is 25.2 Å². The zero-order chi connectivity index (χ0) is 9.68. The molecule has 0 spiro atoms. The highest BCUT2D eigenvalue weighted by molar-refractivity contribution is 7.37. The second-order valence-corrected chi connectivity index (χ2v) is 5.16. The zero-order valence-electron chi connectivity index (χ0n) is 7.98. The van der Waals surface area contributed by atoms with E-state index in [1.165, 1.54) is 19.3 Å². The summed E-state index contributed by atoms with van der Waals surface area (Å²) >= 11 is 0. The standard InChI is InChI=1S/C9H18NO2P/c10-9-5-4-8(7-9)3-1-2-6-13(11)12/h8-9H,1-7,10H2/p+1. The maximum absolute atomic E-state index is 10.4. The Bertz CT molecular complexity index is 175. The fourth-order valence-electron chi connectivity index (χ4n) is 2.06. The molecule has 0 saturated heterocycles. The van der Waals surface area contributed by atoms with Crippen molar-refractivity contribution in [1.29, 1.82) is 0 Å². The van der Waals surface area contributed by atoms with Gasteiger partial charge in [0, 0.05) is 6.04 Å². The maximum atomic E-state index is 10.4. The molecule has 4 heteroatoms. The van der Waals surface area contributed by atoms with Gasteiger partial charge >= 0.3 is 8.03 Å². The van der Waals surface area contributed by atoms with E-state index in [4.69, 9.17) is 10.6 Å². The highest BCUT2D eigenvalue weighted by Gasteiger charge is 2.21. The highest BCUT2D eigenvalue weighted by Crippen LogP contribution is 2.29. The van der Waals surface area contributed by atoms with Crippen LogP contribution in [0.15, 0.2) is 0 Å². The minimum Gasteiger partial charge on any atom is -0.328 e. The number of unbranched alkanes of at least 4 members (excludes halogenated alkanes) is 1. The zero-order valence-corrected chi connectivity index (χ0v) is 8.88. The first-order chi connectivity index (χ1) is 6.18. The third-order valence-corrected chi connectivity index (χ3v) is 3.49. The van der Waals surface area contributed by atoms with E-state index >= 15 is 0 Å². The second kappa shape index (κ2) is 5.69. The van der Waals surface area contributed by atoms with Gasteiger partial charge in [-0.3, -0.25) is 0 Å². The Kier molecular flexibility index (Phi) is 4.86. The van der Waals surface area contributed by atoms with Crippen molar-refractivity contribution in [3.63, 3.8) is 0 Å². The average Bonchev–Trinajstić information content (AvgIpc) is 2.45. The summed E-state index contributed by atoms with van der Waals surface area (Å²) in [4.78, 5) is 8.58. The Labute approximate surface area is 80.6 Å². The summed E-state index contributed by atoms with van der Waals surface area (Å²) in [5.41, 5.74) is 5.79. The average molecular weight is 204 g/mol. The largest absolute Gasteiger partial charge is 0.505 e. The lowest BCUT2D eigenvalue weighted by molar-refractivity contribution is 0.466. The van der Waals surface area contributed by atoms with Crippen molar-refractivity contribution >= 4 is 8.03 Å². The van der Waals surface area contributed by atoms with Gasteiger partial charge in [0.25, 0.3) is 0 Å². The Morgan fingerprint density at radius 2 is 2.15 bits per heavy atom. The lowest BCUT2D eigenvalue weighted by Crippen LogP contribution is -2.14. The van der Waals surface area contributed by atoms with Crippen molar-refractivity contribution < 1.29 is 9.46 Å². The molecule has 0 aromatic rings. The van der Waals surface area contributed by atoms with Crippen LogP contribution in [0.25, 0.3) is 0 Å². The van der Waals surface area contributed by atoms with Crippen LogP contribution in [0, 0.1) is 5.92 Å². The van der Waals surface area contributed by atoms with Crippen molar-refractivity contribution in [2.75, 3.05) is 6.16 Å². The SMILES string of the molecule is NC1CCC(CCCC[P+](=O)O)C1. The summed E-state index contributed by atoms with van der Waals surface area (Å²) in [7, 11) is -1.91. The van der Waals surface area contributed by atoms with Crippen LogP contribution in [0.5, 0.6) is 0 Å². The van der Waals surface area contributed by atoms with Crippen molar-refractivity contribution in [3.8, 4) is 0 Å². The van der Waals surface area contributed by atoms with Gasteiger partial charge < -0.3 is 5.73 Å². The summed E-state index contributed by atoms with van der Waals surface area (Å²) < 4.78 is 10.4. The Morgan fingerprint density at radius 3 is 2.69 bits per heavy atom. The van der Waals surface area contributed by atoms with E-state index in [2.05, 4.69) is 0 Å². The molecule has 0 bridgehead atoms. The van der Waals surface area contributed by atoms with Gasteiger partial charge in [-0.25, -0.2) is 0 Å². The quantitative estimate of drug-likeness (QED) is 0.532. The normalized spacial score (nSPS) is 29.2. The first-order valence-corrected chi connectivity index (χ1v) is 6.47. The summed E-state index contributed by atoms with van der Waals surface area (Å²) in [6, 6.07) is 0.416. The molecule has 3 atom stereocenters. The predicted octanol–water partition coefficient (Wildman–Crippen LogP) is 2.02. The minimum atomic E-state index is -1.91. The molecule has 0 aliphatic heterocycles. The molecule has 0 heterocycles. The van der Waals surface area contributed by atoms with Crippen LogP contribution in [0.3, 0.4) is 0 Å². The van der Waals surface area contributed by atoms with Gasteiger partial charge in [-0.05, 0) is 42.6 Å². The Hall–Kier alpha value is 0.0200. The monoisotopic (exact) mass is 204 g/mol. The van der Waals surface area contributed by atoms with Crippen molar-refractivity contribution in [1.82, 2.24) is 0 Å². The van der Waals surface area contributed by atoms with Crippen molar-refractivity contribution in [2.45, 2.75) is 44.6 Å². The van der Waals surface area contributed by atoms with Gasteiger partial charge in [0.2, 0.25) is 0 Å². The smallest absolute Gasteiger partial charge is 0.328 e. The fourth-order valence-corrected chi connectivity index (χ4v) is 2.55. The molecule has 3 nitrogen and oxygen atoms in total. The predicted molar refractivity (Wildman–Crippen MR) is 53.9 cm³/mol. The van der Waals surface area contributed by atoms with E-state index in [9.17, 15) is 4.57 Å². The first kappa shape index (κ1) is 11.1. The Balaban J connectivity index is 1.97. The molecule has 1 rings (SSSR count). The van der Waals surface area contributed by atoms with Crippen LogP contribution in [0.4, 0.5) is 0 Å². The van der Waals surface area contributed by atoms with Crippen LogP contribution in [-0.4, -0.2) is 17.1 Å². The van der Waals surface area contributed by atoms with Gasteiger partial charge in [0.15, 0.2) is 6.16 Å². The lowest BCUT2D eigenvalue weighted by Gasteiger charge is -2.06. The summed E-state index contributed by atoms with van der Waals surface area (Å²) in [5.74, 6) is 0.784. The molecule has 0 aromatic carbocycles. The molecular weight excluding hydrogens is 185 g/mol. The second-order valence-electron chi connectivity index (χ2n) is 4.01. The fraction of sp³-hybridized carbons (Fsp3) is 1.00. The van der Waals surface area contributed by atoms with Gasteiger partial charge in [-0.15, -0.1) is 0 Å². The van der Waals surface area contributed by atoms with Gasteiger partial charge in [-0.2, -0.15) is 4.89 Å². The van der Waals surface area contributed by atoms with Crippen LogP contribution in [0.2, 0.25) is 0 Å². The third-order valence-electron chi connectivity index (χ3n) is 2.79. The summed E-state index contributed by atoms with van der Waals surface area (Å²) in [6.07, 6.45) is 7.21. The van der Waals surface area contributed by atoms with Gasteiger partial charge in [0.1, 0.15) is 0 Å². The molecule has 13 heavy (non-hydrogen) atoms. The van der Waals surface area contributed by atoms with E-state index in [0.29, 0.717) is 12.2 Å². The van der Waals surface area contributed by atoms with E-state index in [1.54, 1.807) is 0 Å². The number of hydrogen-bond donors (Lipinski definition) is 2. The molecular formula is C9H19NO2P+. The van der Waals surface area contributed by atoms with Crippen LogP contribution in [0.1, 0.15) is 38.5 Å². The van der Waals surface area contributed by atoms with E-state index in [-0.39, 0.29) is 0 Å². The minimum absolute atomic E-state index is 0.416. The molecule has 1 fully saturated rings.